The number of hydrogen-bond acceptors (Lipinski definition) is 4. The predicted octanol–water partition coefficient (Wildman–Crippen LogP) is 1.43. The van der Waals surface area contributed by atoms with Crippen molar-refractivity contribution in [2.45, 2.75) is 18.9 Å². The Balaban J connectivity index is 1.78. The molecule has 0 aliphatic heterocycles. The van der Waals surface area contributed by atoms with Crippen LogP contribution in [0.2, 0.25) is 0 Å². The average Bonchev–Trinajstić information content (AvgIpc) is 3.13. The largest absolute Gasteiger partial charge is 0.476 e. The first-order valence-corrected chi connectivity index (χ1v) is 5.49. The molecule has 1 aliphatic carbocycles. The summed E-state index contributed by atoms with van der Waals surface area (Å²) >= 11 is 0. The van der Waals surface area contributed by atoms with Crippen molar-refractivity contribution in [2.75, 3.05) is 20.2 Å². The highest BCUT2D eigenvalue weighted by molar-refractivity contribution is 5.31. The number of nitrogens with zero attached hydrogens (tertiary/aromatic N) is 3. The Kier molecular flexibility index (Phi) is 3.37. The number of aromatic nitrogens is 1. The molecule has 0 saturated heterocycles. The minimum absolute atomic E-state index is 0.531. The van der Waals surface area contributed by atoms with Crippen molar-refractivity contribution < 1.29 is 4.74 Å². The van der Waals surface area contributed by atoms with Gasteiger partial charge in [0.2, 0.25) is 5.88 Å². The van der Waals surface area contributed by atoms with Gasteiger partial charge in [0.05, 0.1) is 11.6 Å². The molecule has 1 aromatic heterocycles. The van der Waals surface area contributed by atoms with Crippen molar-refractivity contribution in [1.82, 2.24) is 9.88 Å². The van der Waals surface area contributed by atoms with Gasteiger partial charge < -0.3 is 9.64 Å². The third-order valence-corrected chi connectivity index (χ3v) is 2.73. The Morgan fingerprint density at radius 2 is 2.44 bits per heavy atom. The number of hydrogen-bond donors (Lipinski definition) is 0. The van der Waals surface area contributed by atoms with Crippen LogP contribution >= 0.6 is 0 Å². The number of nitriles is 1. The van der Waals surface area contributed by atoms with Crippen LogP contribution in [-0.4, -0.2) is 36.1 Å². The van der Waals surface area contributed by atoms with Gasteiger partial charge in [-0.1, -0.05) is 0 Å². The Bertz CT molecular complexity index is 395. The van der Waals surface area contributed by atoms with Gasteiger partial charge in [-0.05, 0) is 26.0 Å². The summed E-state index contributed by atoms with van der Waals surface area (Å²) in [6, 6.07) is 6.15. The highest BCUT2D eigenvalue weighted by Crippen LogP contribution is 2.24. The van der Waals surface area contributed by atoms with Gasteiger partial charge in [0.25, 0.3) is 0 Å². The second-order valence-electron chi connectivity index (χ2n) is 4.05. The molecule has 0 N–H and O–H groups in total. The van der Waals surface area contributed by atoms with Crippen LogP contribution in [-0.2, 0) is 0 Å². The van der Waals surface area contributed by atoms with Gasteiger partial charge in [-0.2, -0.15) is 5.26 Å². The van der Waals surface area contributed by atoms with Gasteiger partial charge in [0, 0.05) is 24.8 Å². The monoisotopic (exact) mass is 217 g/mol. The maximum absolute atomic E-state index is 8.72. The van der Waals surface area contributed by atoms with Crippen LogP contribution in [0.5, 0.6) is 5.88 Å². The highest BCUT2D eigenvalue weighted by atomic mass is 16.5. The molecule has 0 atom stereocenters. The van der Waals surface area contributed by atoms with Crippen LogP contribution < -0.4 is 4.74 Å². The van der Waals surface area contributed by atoms with Crippen LogP contribution in [0.25, 0.3) is 0 Å². The summed E-state index contributed by atoms with van der Waals surface area (Å²) in [7, 11) is 2.11. The number of rotatable bonds is 5. The standard InChI is InChI=1S/C12H15N3O/c1-15(11-2-3-11)6-7-16-12-8-10(9-13)4-5-14-12/h4-5,8,11H,2-3,6-7H2,1H3. The first-order valence-electron chi connectivity index (χ1n) is 5.49. The van der Waals surface area contributed by atoms with Gasteiger partial charge in [-0.15, -0.1) is 0 Å². The zero-order chi connectivity index (χ0) is 11.4. The Morgan fingerprint density at radius 1 is 1.62 bits per heavy atom. The summed E-state index contributed by atoms with van der Waals surface area (Å²) in [6.07, 6.45) is 4.20. The van der Waals surface area contributed by atoms with E-state index in [4.69, 9.17) is 10.00 Å². The second-order valence-corrected chi connectivity index (χ2v) is 4.05. The molecule has 4 heteroatoms. The molecule has 1 heterocycles. The molecule has 1 fully saturated rings. The fourth-order valence-electron chi connectivity index (χ4n) is 1.55. The van der Waals surface area contributed by atoms with E-state index in [9.17, 15) is 0 Å². The summed E-state index contributed by atoms with van der Waals surface area (Å²) in [4.78, 5) is 6.35. The Labute approximate surface area is 95.5 Å². The molecule has 1 aliphatic rings. The highest BCUT2D eigenvalue weighted by Gasteiger charge is 2.25. The molecular weight excluding hydrogens is 202 g/mol. The third kappa shape index (κ3) is 2.94. The van der Waals surface area contributed by atoms with Crippen LogP contribution in [0.15, 0.2) is 18.3 Å². The molecule has 4 nitrogen and oxygen atoms in total. The minimum Gasteiger partial charge on any atom is -0.476 e. The van der Waals surface area contributed by atoms with Crippen LogP contribution in [0.3, 0.4) is 0 Å². The fraction of sp³-hybridized carbons (Fsp3) is 0.500. The quantitative estimate of drug-likeness (QED) is 0.748. The SMILES string of the molecule is CN(CCOc1cc(C#N)ccn1)C1CC1. The molecule has 16 heavy (non-hydrogen) atoms. The molecule has 0 spiro atoms. The maximum Gasteiger partial charge on any atom is 0.214 e. The van der Waals surface area contributed by atoms with Crippen molar-refractivity contribution >= 4 is 0 Å². The summed E-state index contributed by atoms with van der Waals surface area (Å²) in [5, 5.41) is 8.72. The lowest BCUT2D eigenvalue weighted by Gasteiger charge is -2.15. The van der Waals surface area contributed by atoms with Gasteiger partial charge in [0.15, 0.2) is 0 Å². The summed E-state index contributed by atoms with van der Waals surface area (Å²) in [5.41, 5.74) is 0.584. The molecule has 0 radical (unpaired) electrons. The van der Waals surface area contributed by atoms with Crippen LogP contribution in [0.1, 0.15) is 18.4 Å². The number of ether oxygens (including phenoxy) is 1. The van der Waals surface area contributed by atoms with Gasteiger partial charge >= 0.3 is 0 Å². The molecule has 84 valence electrons. The second kappa shape index (κ2) is 4.95. The summed E-state index contributed by atoms with van der Waals surface area (Å²) in [5.74, 6) is 0.531. The van der Waals surface area contributed by atoms with E-state index >= 15 is 0 Å². The zero-order valence-electron chi connectivity index (χ0n) is 9.39. The molecule has 0 bridgehead atoms. The zero-order valence-corrected chi connectivity index (χ0v) is 9.39. The van der Waals surface area contributed by atoms with Crippen molar-refractivity contribution in [3.05, 3.63) is 23.9 Å². The molecule has 0 amide bonds. The molecule has 1 aromatic rings. The molecule has 2 rings (SSSR count). The Hall–Kier alpha value is -1.60. The van der Waals surface area contributed by atoms with Crippen molar-refractivity contribution in [2.24, 2.45) is 0 Å². The lowest BCUT2D eigenvalue weighted by Crippen LogP contribution is -2.26. The molecular formula is C12H15N3O. The van der Waals surface area contributed by atoms with Gasteiger partial charge in [-0.25, -0.2) is 4.98 Å². The van der Waals surface area contributed by atoms with Crippen LogP contribution in [0.4, 0.5) is 0 Å². The lowest BCUT2D eigenvalue weighted by atomic mass is 10.3. The Morgan fingerprint density at radius 3 is 3.12 bits per heavy atom. The minimum atomic E-state index is 0.531. The van der Waals surface area contributed by atoms with E-state index in [-0.39, 0.29) is 0 Å². The van der Waals surface area contributed by atoms with E-state index in [1.165, 1.54) is 12.8 Å². The van der Waals surface area contributed by atoms with Gasteiger partial charge in [-0.3, -0.25) is 0 Å². The topological polar surface area (TPSA) is 49.1 Å². The molecule has 0 unspecified atom stereocenters. The summed E-state index contributed by atoms with van der Waals surface area (Å²) < 4.78 is 5.49. The number of pyridine rings is 1. The lowest BCUT2D eigenvalue weighted by molar-refractivity contribution is 0.226. The smallest absolute Gasteiger partial charge is 0.214 e. The number of likely N-dealkylation sites (N-methyl/N-ethyl adjacent to an activating group) is 1. The van der Waals surface area contributed by atoms with E-state index < -0.39 is 0 Å². The van der Waals surface area contributed by atoms with Crippen molar-refractivity contribution in [3.63, 3.8) is 0 Å². The van der Waals surface area contributed by atoms with E-state index in [2.05, 4.69) is 23.0 Å². The first kappa shape index (κ1) is 10.9. The fourth-order valence-corrected chi connectivity index (χ4v) is 1.55. The molecule has 1 saturated carbocycles. The maximum atomic E-state index is 8.72. The van der Waals surface area contributed by atoms with Gasteiger partial charge in [0.1, 0.15) is 6.61 Å². The van der Waals surface area contributed by atoms with E-state index in [1.807, 2.05) is 0 Å². The normalized spacial score (nSPS) is 14.8. The van der Waals surface area contributed by atoms with Crippen molar-refractivity contribution in [3.8, 4) is 11.9 Å². The van der Waals surface area contributed by atoms with E-state index in [0.717, 1.165) is 12.6 Å². The first-order chi connectivity index (χ1) is 7.79. The van der Waals surface area contributed by atoms with E-state index in [0.29, 0.717) is 18.1 Å². The van der Waals surface area contributed by atoms with E-state index in [1.54, 1.807) is 18.3 Å². The molecule has 0 aromatic carbocycles. The van der Waals surface area contributed by atoms with Crippen LogP contribution in [0, 0.1) is 11.3 Å². The predicted molar refractivity (Wildman–Crippen MR) is 60.1 cm³/mol. The average molecular weight is 217 g/mol. The van der Waals surface area contributed by atoms with Crippen molar-refractivity contribution in [1.29, 1.82) is 5.26 Å². The summed E-state index contributed by atoms with van der Waals surface area (Å²) in [6.45, 7) is 1.53. The third-order valence-electron chi connectivity index (χ3n) is 2.73.